The Hall–Kier alpha value is -3.12. The maximum absolute atomic E-state index is 11.5. The molecule has 2 N–H and O–H groups in total. The molecule has 0 bridgehead atoms. The van der Waals surface area contributed by atoms with Gasteiger partial charge in [0.15, 0.2) is 0 Å². The third-order valence-corrected chi connectivity index (χ3v) is 10.1. The minimum Gasteiger partial charge on any atom is -0.481 e. The minimum absolute atomic E-state index is 0.0921. The summed E-state index contributed by atoms with van der Waals surface area (Å²) in [5.41, 5.74) is 5.12. The second kappa shape index (κ2) is 12.6. The fourth-order valence-corrected chi connectivity index (χ4v) is 7.50. The molecule has 1 heterocycles. The molecular formula is C36H38ClNO3S. The molecule has 1 aromatic heterocycles. The van der Waals surface area contributed by atoms with E-state index in [2.05, 4.69) is 49.4 Å². The second-order valence-electron chi connectivity index (χ2n) is 12.2. The van der Waals surface area contributed by atoms with E-state index < -0.39 is 11.6 Å². The number of thioether (sulfide) groups is 1. The van der Waals surface area contributed by atoms with Gasteiger partial charge in [0.25, 0.3) is 0 Å². The summed E-state index contributed by atoms with van der Waals surface area (Å²) in [5.74, 6) is 0.314. The topological polar surface area (TPSA) is 70.4 Å². The number of hydrogen-bond acceptors (Lipinski definition) is 4. The zero-order valence-corrected chi connectivity index (χ0v) is 26.0. The number of halogens is 1. The van der Waals surface area contributed by atoms with Crippen LogP contribution in [0.25, 0.3) is 23.1 Å². The van der Waals surface area contributed by atoms with Gasteiger partial charge in [0.2, 0.25) is 0 Å². The zero-order valence-electron chi connectivity index (χ0n) is 24.4. The van der Waals surface area contributed by atoms with Crippen molar-refractivity contribution in [2.24, 2.45) is 5.41 Å². The fraction of sp³-hybridized carbons (Fsp3) is 0.333. The monoisotopic (exact) mass is 599 g/mol. The lowest BCUT2D eigenvalue weighted by Crippen LogP contribution is -2.19. The molecule has 1 fully saturated rings. The molecule has 0 amide bonds. The van der Waals surface area contributed by atoms with Gasteiger partial charge in [-0.2, -0.15) is 11.8 Å². The average molecular weight is 600 g/mol. The van der Waals surface area contributed by atoms with Crippen molar-refractivity contribution in [3.05, 3.63) is 112 Å². The first-order valence-corrected chi connectivity index (χ1v) is 15.9. The Kier molecular flexibility index (Phi) is 9.12. The van der Waals surface area contributed by atoms with E-state index in [-0.39, 0.29) is 23.0 Å². The number of rotatable bonds is 12. The van der Waals surface area contributed by atoms with Crippen molar-refractivity contribution in [3.8, 4) is 0 Å². The first-order valence-electron chi connectivity index (χ1n) is 14.5. The molecule has 1 aliphatic carbocycles. The first kappa shape index (κ1) is 30.3. The van der Waals surface area contributed by atoms with Gasteiger partial charge in [-0.1, -0.05) is 85.3 Å². The van der Waals surface area contributed by atoms with Crippen LogP contribution < -0.4 is 0 Å². The molecule has 0 saturated heterocycles. The highest BCUT2D eigenvalue weighted by Crippen LogP contribution is 2.54. The summed E-state index contributed by atoms with van der Waals surface area (Å²) in [6.07, 6.45) is 7.17. The van der Waals surface area contributed by atoms with Crippen LogP contribution in [0.1, 0.15) is 85.6 Å². The molecule has 218 valence electrons. The molecule has 6 heteroatoms. The van der Waals surface area contributed by atoms with Gasteiger partial charge < -0.3 is 10.2 Å². The summed E-state index contributed by atoms with van der Waals surface area (Å²) in [4.78, 5) is 16.3. The summed E-state index contributed by atoms with van der Waals surface area (Å²) < 4.78 is 0. The van der Waals surface area contributed by atoms with Crippen LogP contribution in [0.3, 0.4) is 0 Å². The van der Waals surface area contributed by atoms with Crippen LogP contribution in [-0.2, 0) is 10.4 Å². The molecule has 5 rings (SSSR count). The quantitative estimate of drug-likeness (QED) is 0.170. The molecule has 3 aromatic carbocycles. The molecular weight excluding hydrogens is 562 g/mol. The third-order valence-electron chi connectivity index (χ3n) is 8.20. The second-order valence-corrected chi connectivity index (χ2v) is 13.9. The van der Waals surface area contributed by atoms with E-state index in [1.807, 2.05) is 74.1 Å². The molecule has 1 aliphatic rings. The Morgan fingerprint density at radius 1 is 1.05 bits per heavy atom. The number of carboxylic acids is 1. The smallest absolute Gasteiger partial charge is 0.303 e. The van der Waals surface area contributed by atoms with Crippen molar-refractivity contribution in [1.82, 2.24) is 4.98 Å². The van der Waals surface area contributed by atoms with Crippen molar-refractivity contribution in [2.45, 2.75) is 63.2 Å². The van der Waals surface area contributed by atoms with Crippen LogP contribution in [0.4, 0.5) is 0 Å². The normalized spacial score (nSPS) is 16.0. The van der Waals surface area contributed by atoms with Gasteiger partial charge in [-0.25, -0.2) is 4.98 Å². The summed E-state index contributed by atoms with van der Waals surface area (Å²) in [7, 11) is 0. The molecule has 0 aliphatic heterocycles. The van der Waals surface area contributed by atoms with Crippen LogP contribution >= 0.6 is 23.4 Å². The lowest BCUT2D eigenvalue weighted by atomic mass is 9.84. The van der Waals surface area contributed by atoms with Gasteiger partial charge in [-0.15, -0.1) is 0 Å². The van der Waals surface area contributed by atoms with E-state index in [1.165, 1.54) is 5.56 Å². The summed E-state index contributed by atoms with van der Waals surface area (Å²) in [6.45, 7) is 5.90. The molecule has 1 saturated carbocycles. The van der Waals surface area contributed by atoms with Crippen LogP contribution in [0.15, 0.2) is 78.9 Å². The lowest BCUT2D eigenvalue weighted by Gasteiger charge is -2.28. The van der Waals surface area contributed by atoms with Crippen LogP contribution in [0.2, 0.25) is 5.02 Å². The van der Waals surface area contributed by atoms with Gasteiger partial charge in [0, 0.05) is 21.4 Å². The number of aromatic nitrogens is 1. The van der Waals surface area contributed by atoms with E-state index in [9.17, 15) is 15.0 Å². The number of carboxylic acid groups (broad SMARTS) is 1. The largest absolute Gasteiger partial charge is 0.481 e. The lowest BCUT2D eigenvalue weighted by molar-refractivity contribution is -0.138. The summed E-state index contributed by atoms with van der Waals surface area (Å²) in [5, 5.41) is 22.2. The Bertz CT molecular complexity index is 1610. The van der Waals surface area contributed by atoms with Gasteiger partial charge in [0.1, 0.15) is 0 Å². The van der Waals surface area contributed by atoms with Crippen molar-refractivity contribution >= 4 is 52.4 Å². The number of hydrogen-bond donors (Lipinski definition) is 2. The van der Waals surface area contributed by atoms with Crippen molar-refractivity contribution in [3.63, 3.8) is 0 Å². The molecule has 1 unspecified atom stereocenters. The molecule has 4 aromatic rings. The Labute approximate surface area is 257 Å². The Morgan fingerprint density at radius 2 is 1.81 bits per heavy atom. The van der Waals surface area contributed by atoms with E-state index in [1.54, 1.807) is 0 Å². The number of aliphatic hydroxyl groups is 1. The maximum atomic E-state index is 11.5. The van der Waals surface area contributed by atoms with Gasteiger partial charge in [0.05, 0.1) is 23.2 Å². The van der Waals surface area contributed by atoms with Crippen LogP contribution in [0.5, 0.6) is 0 Å². The molecule has 42 heavy (non-hydrogen) atoms. The number of pyridine rings is 1. The predicted octanol–water partition coefficient (Wildman–Crippen LogP) is 9.51. The van der Waals surface area contributed by atoms with Crippen molar-refractivity contribution < 1.29 is 15.0 Å². The molecule has 0 radical (unpaired) electrons. The molecule has 2 atom stereocenters. The SMILES string of the molecule is CC(C[C@@H](SCC1(CC(=O)O)CC1)c1cccc(/C=C/c2ccc3ccc(Cl)cc3n2)c1)c1ccccc1C(C)(C)O. The van der Waals surface area contributed by atoms with Gasteiger partial charge >= 0.3 is 5.97 Å². The van der Waals surface area contributed by atoms with Gasteiger partial charge in [-0.05, 0) is 91.0 Å². The van der Waals surface area contributed by atoms with Crippen LogP contribution in [0, 0.1) is 5.41 Å². The van der Waals surface area contributed by atoms with E-state index >= 15 is 0 Å². The fourth-order valence-electron chi connectivity index (χ4n) is 5.62. The average Bonchev–Trinajstić information content (AvgIpc) is 3.72. The Morgan fingerprint density at radius 3 is 2.55 bits per heavy atom. The summed E-state index contributed by atoms with van der Waals surface area (Å²) >= 11 is 8.05. The number of nitrogens with zero attached hydrogens (tertiary/aromatic N) is 1. The zero-order chi connectivity index (χ0) is 29.9. The number of aliphatic carboxylic acids is 1. The highest BCUT2D eigenvalue weighted by molar-refractivity contribution is 7.99. The predicted molar refractivity (Wildman–Crippen MR) is 176 cm³/mol. The molecule has 4 nitrogen and oxygen atoms in total. The van der Waals surface area contributed by atoms with Crippen molar-refractivity contribution in [1.29, 1.82) is 0 Å². The minimum atomic E-state index is -0.931. The van der Waals surface area contributed by atoms with E-state index in [0.29, 0.717) is 5.02 Å². The Balaban J connectivity index is 1.40. The number of carbonyl (C=O) groups is 1. The first-order chi connectivity index (χ1) is 20.0. The molecule has 0 spiro atoms. The number of benzene rings is 3. The number of fused-ring (bicyclic) bond motifs is 1. The van der Waals surface area contributed by atoms with Gasteiger partial charge in [-0.3, -0.25) is 4.79 Å². The third kappa shape index (κ3) is 7.63. The summed E-state index contributed by atoms with van der Waals surface area (Å²) in [6, 6.07) is 26.5. The van der Waals surface area contributed by atoms with Crippen molar-refractivity contribution in [2.75, 3.05) is 5.75 Å². The standard InChI is InChI=1S/C36H38ClNO3S/c1-24(30-9-4-5-10-31(30)35(2,3)41)19-33(42-23-36(17-18-36)22-34(39)40)27-8-6-7-25(20-27)11-15-29-16-13-26-12-14-28(37)21-32(26)38-29/h4-16,20-21,24,33,41H,17-19,22-23H2,1-3H3,(H,39,40)/b15-11+/t24?,33-/m1/s1. The van der Waals surface area contributed by atoms with E-state index in [4.69, 9.17) is 16.6 Å². The van der Waals surface area contributed by atoms with Crippen LogP contribution in [-0.4, -0.2) is 26.9 Å². The highest BCUT2D eigenvalue weighted by Gasteiger charge is 2.44. The highest BCUT2D eigenvalue weighted by atomic mass is 35.5. The maximum Gasteiger partial charge on any atom is 0.303 e. The van der Waals surface area contributed by atoms with E-state index in [0.717, 1.165) is 58.3 Å².